The summed E-state index contributed by atoms with van der Waals surface area (Å²) in [5.41, 5.74) is 0.733. The lowest BCUT2D eigenvalue weighted by atomic mass is 10.4. The Morgan fingerprint density at radius 1 is 1.30 bits per heavy atom. The number of nitrogens with zero attached hydrogens (tertiary/aromatic N) is 3. The second kappa shape index (κ2) is 5.63. The van der Waals surface area contributed by atoms with Crippen molar-refractivity contribution in [1.82, 2.24) is 14.1 Å². The lowest BCUT2D eigenvalue weighted by Crippen LogP contribution is -2.41. The van der Waals surface area contributed by atoms with Crippen LogP contribution in [-0.2, 0) is 14.8 Å². The van der Waals surface area contributed by atoms with Gasteiger partial charge in [0.25, 0.3) is 0 Å². The van der Waals surface area contributed by atoms with Crippen molar-refractivity contribution in [3.8, 4) is 0 Å². The average Bonchev–Trinajstić information content (AvgIpc) is 2.74. The highest BCUT2D eigenvalue weighted by Gasteiger charge is 2.32. The summed E-state index contributed by atoms with van der Waals surface area (Å²) in [5, 5.41) is 4.07. The normalized spacial score (nSPS) is 17.4. The minimum Gasteiger partial charge on any atom is -0.379 e. The van der Waals surface area contributed by atoms with E-state index >= 15 is 0 Å². The molecule has 0 atom stereocenters. The molecule has 1 aliphatic rings. The van der Waals surface area contributed by atoms with Crippen LogP contribution in [0.2, 0.25) is 0 Å². The molecular weight excluding hydrogens is 282 g/mol. The Balaban J connectivity index is 2.46. The first-order chi connectivity index (χ1) is 9.39. The Bertz CT molecular complexity index is 615. The van der Waals surface area contributed by atoms with E-state index in [4.69, 9.17) is 4.74 Å². The monoisotopic (exact) mass is 301 g/mol. The van der Waals surface area contributed by atoms with E-state index in [0.717, 1.165) is 0 Å². The van der Waals surface area contributed by atoms with E-state index in [1.807, 2.05) is 0 Å². The zero-order valence-corrected chi connectivity index (χ0v) is 12.7. The summed E-state index contributed by atoms with van der Waals surface area (Å²) in [6.45, 7) is 6.37. The summed E-state index contributed by atoms with van der Waals surface area (Å²) in [7, 11) is -3.63. The number of aromatic nitrogens is 2. The van der Waals surface area contributed by atoms with Gasteiger partial charge in [-0.1, -0.05) is 6.92 Å². The van der Waals surface area contributed by atoms with Crippen molar-refractivity contribution < 1.29 is 17.9 Å². The molecule has 0 radical (unpaired) electrons. The fourth-order valence-corrected chi connectivity index (χ4v) is 4.07. The van der Waals surface area contributed by atoms with E-state index < -0.39 is 10.0 Å². The Labute approximate surface area is 118 Å². The summed E-state index contributed by atoms with van der Waals surface area (Å²) in [6, 6.07) is 0. The van der Waals surface area contributed by atoms with Crippen molar-refractivity contribution >= 4 is 15.9 Å². The molecule has 1 aromatic rings. The van der Waals surface area contributed by atoms with Gasteiger partial charge in [0.1, 0.15) is 4.90 Å². The third kappa shape index (κ3) is 2.50. The van der Waals surface area contributed by atoms with E-state index in [-0.39, 0.29) is 17.2 Å². The summed E-state index contributed by atoms with van der Waals surface area (Å²) >= 11 is 0. The summed E-state index contributed by atoms with van der Waals surface area (Å²) in [5.74, 6) is -0.214. The molecule has 112 valence electrons. The molecule has 1 aliphatic heterocycles. The van der Waals surface area contributed by atoms with Crippen molar-refractivity contribution in [2.24, 2.45) is 0 Å². The van der Waals surface area contributed by atoms with Crippen LogP contribution in [0.15, 0.2) is 4.90 Å². The number of sulfonamides is 1. The fraction of sp³-hybridized carbons (Fsp3) is 0.667. The van der Waals surface area contributed by atoms with Gasteiger partial charge in [-0.05, 0) is 13.8 Å². The Morgan fingerprint density at radius 3 is 2.45 bits per heavy atom. The number of carbonyl (C=O) groups excluding carboxylic acids is 1. The van der Waals surface area contributed by atoms with Gasteiger partial charge in [0.2, 0.25) is 15.9 Å². The van der Waals surface area contributed by atoms with Crippen molar-refractivity contribution in [3.63, 3.8) is 0 Å². The van der Waals surface area contributed by atoms with Crippen LogP contribution in [-0.4, -0.2) is 54.7 Å². The van der Waals surface area contributed by atoms with Gasteiger partial charge in [-0.2, -0.15) is 9.40 Å². The van der Waals surface area contributed by atoms with Gasteiger partial charge < -0.3 is 4.74 Å². The molecule has 2 rings (SSSR count). The maximum absolute atomic E-state index is 12.7. The molecule has 8 heteroatoms. The lowest BCUT2D eigenvalue weighted by molar-refractivity contribution is 0.0730. The molecule has 0 N–H and O–H groups in total. The third-order valence-electron chi connectivity index (χ3n) is 3.33. The molecule has 7 nitrogen and oxygen atoms in total. The van der Waals surface area contributed by atoms with Gasteiger partial charge in [0.05, 0.1) is 24.6 Å². The molecule has 0 unspecified atom stereocenters. The van der Waals surface area contributed by atoms with Gasteiger partial charge in [-0.25, -0.2) is 13.1 Å². The van der Waals surface area contributed by atoms with E-state index in [2.05, 4.69) is 5.10 Å². The Hall–Kier alpha value is -1.25. The Morgan fingerprint density at radius 2 is 1.90 bits per heavy atom. The van der Waals surface area contributed by atoms with Crippen molar-refractivity contribution in [3.05, 3.63) is 11.4 Å². The van der Waals surface area contributed by atoms with Crippen LogP contribution in [0.5, 0.6) is 0 Å². The molecule has 0 bridgehead atoms. The number of hydrogen-bond donors (Lipinski definition) is 0. The van der Waals surface area contributed by atoms with Crippen molar-refractivity contribution in [2.45, 2.75) is 32.1 Å². The molecule has 20 heavy (non-hydrogen) atoms. The van der Waals surface area contributed by atoms with E-state index in [0.29, 0.717) is 37.7 Å². The highest BCUT2D eigenvalue weighted by atomic mass is 32.2. The number of aryl methyl sites for hydroxylation is 1. The summed E-state index contributed by atoms with van der Waals surface area (Å²) < 4.78 is 33.1. The minimum atomic E-state index is -3.63. The van der Waals surface area contributed by atoms with Crippen LogP contribution in [0.3, 0.4) is 0 Å². The van der Waals surface area contributed by atoms with Gasteiger partial charge in [-0.3, -0.25) is 4.79 Å². The van der Waals surface area contributed by atoms with Crippen LogP contribution in [0.1, 0.15) is 29.5 Å². The molecule has 1 aromatic heterocycles. The maximum Gasteiger partial charge on any atom is 0.246 e. The first-order valence-corrected chi connectivity index (χ1v) is 8.01. The predicted octanol–water partition coefficient (Wildman–Crippen LogP) is 0.571. The zero-order valence-electron chi connectivity index (χ0n) is 11.9. The highest BCUT2D eigenvalue weighted by Crippen LogP contribution is 2.24. The molecule has 0 aliphatic carbocycles. The standard InChI is InChI=1S/C12H19N3O4S/c1-4-11(16)15-10(3)12(9(2)13-15)20(17,18)14-5-7-19-8-6-14/h4-8H2,1-3H3. The average molecular weight is 301 g/mol. The first-order valence-electron chi connectivity index (χ1n) is 6.57. The molecule has 0 spiro atoms. The van der Waals surface area contributed by atoms with Crippen molar-refractivity contribution in [2.75, 3.05) is 26.3 Å². The van der Waals surface area contributed by atoms with Crippen LogP contribution in [0.4, 0.5) is 0 Å². The molecule has 1 fully saturated rings. The quantitative estimate of drug-likeness (QED) is 0.815. The highest BCUT2D eigenvalue weighted by molar-refractivity contribution is 7.89. The number of morpholine rings is 1. The summed E-state index contributed by atoms with van der Waals surface area (Å²) in [4.78, 5) is 11.9. The molecule has 0 aromatic carbocycles. The fourth-order valence-electron chi connectivity index (χ4n) is 2.31. The van der Waals surface area contributed by atoms with Gasteiger partial charge in [-0.15, -0.1) is 0 Å². The molecule has 0 amide bonds. The number of rotatable bonds is 3. The third-order valence-corrected chi connectivity index (χ3v) is 5.48. The molecular formula is C12H19N3O4S. The van der Waals surface area contributed by atoms with Crippen LogP contribution in [0.25, 0.3) is 0 Å². The van der Waals surface area contributed by atoms with Crippen molar-refractivity contribution in [1.29, 1.82) is 0 Å². The van der Waals surface area contributed by atoms with Gasteiger partial charge >= 0.3 is 0 Å². The van der Waals surface area contributed by atoms with Gasteiger partial charge in [0.15, 0.2) is 0 Å². The molecule has 0 saturated carbocycles. The number of ether oxygens (including phenoxy) is 1. The van der Waals surface area contributed by atoms with Crippen LogP contribution >= 0.6 is 0 Å². The smallest absolute Gasteiger partial charge is 0.246 e. The second-order valence-corrected chi connectivity index (χ2v) is 6.55. The largest absolute Gasteiger partial charge is 0.379 e. The van der Waals surface area contributed by atoms with Gasteiger partial charge in [0, 0.05) is 19.5 Å². The predicted molar refractivity (Wildman–Crippen MR) is 72.2 cm³/mol. The van der Waals surface area contributed by atoms with Crippen LogP contribution in [0, 0.1) is 13.8 Å². The SMILES string of the molecule is CCC(=O)n1nc(C)c(S(=O)(=O)N2CCOCC2)c1C. The van der Waals surface area contributed by atoms with E-state index in [1.54, 1.807) is 20.8 Å². The number of hydrogen-bond acceptors (Lipinski definition) is 5. The molecule has 1 saturated heterocycles. The van der Waals surface area contributed by atoms with E-state index in [1.165, 1.54) is 8.99 Å². The van der Waals surface area contributed by atoms with E-state index in [9.17, 15) is 13.2 Å². The first kappa shape index (κ1) is 15.1. The lowest BCUT2D eigenvalue weighted by Gasteiger charge is -2.26. The summed E-state index contributed by atoms with van der Waals surface area (Å²) in [6.07, 6.45) is 0.277. The van der Waals surface area contributed by atoms with Crippen LogP contribution < -0.4 is 0 Å². The number of carbonyl (C=O) groups is 1. The topological polar surface area (TPSA) is 81.5 Å². The maximum atomic E-state index is 12.7. The second-order valence-electron chi connectivity index (χ2n) is 4.68. The Kier molecular flexibility index (Phi) is 4.26. The molecule has 2 heterocycles. The minimum absolute atomic E-state index is 0.140. The zero-order chi connectivity index (χ0) is 14.9.